The summed E-state index contributed by atoms with van der Waals surface area (Å²) in [6.45, 7) is 31.4. The Hall–Kier alpha value is -5.06. The third kappa shape index (κ3) is 5.54. The highest BCUT2D eigenvalue weighted by Gasteiger charge is 2.49. The molecule has 3 heterocycles. The minimum Gasteiger partial charge on any atom is -0.311 e. The van der Waals surface area contributed by atoms with Gasteiger partial charge >= 0.3 is 0 Å². The number of anilines is 6. The normalized spacial score (nSPS) is 17.6. The maximum absolute atomic E-state index is 2.73. The lowest BCUT2D eigenvalue weighted by atomic mass is 9.35. The number of hydrogen-bond acceptors (Lipinski definition) is 3. The van der Waals surface area contributed by atoms with Crippen LogP contribution in [0.25, 0.3) is 21.2 Å². The highest BCUT2D eigenvalue weighted by atomic mass is 32.1. The molecule has 0 fully saturated rings. The SMILES string of the molecule is Cc1cc2c3c(c1)N(c1cc(C(C)(C)C)cc(C(C)(C)C)c1)c1c(sc4ccccc14)B3c1cc3c(cc1N2c1cccc2c1C(C)(C)c1ccccc1-2)C(C)(C)CCC3(C)C. The van der Waals surface area contributed by atoms with Gasteiger partial charge in [0.2, 0.25) is 0 Å². The van der Waals surface area contributed by atoms with Crippen LogP contribution < -0.4 is 25.5 Å². The molecule has 1 aromatic heterocycles. The van der Waals surface area contributed by atoms with Gasteiger partial charge in [-0.25, -0.2) is 0 Å². The molecule has 7 aromatic rings. The second kappa shape index (κ2) is 12.8. The predicted octanol–water partition coefficient (Wildman–Crippen LogP) is 14.5. The van der Waals surface area contributed by atoms with E-state index in [9.17, 15) is 0 Å². The second-order valence-corrected chi connectivity index (χ2v) is 24.1. The van der Waals surface area contributed by atoms with Crippen LogP contribution in [-0.4, -0.2) is 6.71 Å². The Morgan fingerprint density at radius 3 is 1.84 bits per heavy atom. The summed E-state index contributed by atoms with van der Waals surface area (Å²) in [5, 5.41) is 1.34. The van der Waals surface area contributed by atoms with E-state index in [1.54, 1.807) is 0 Å². The van der Waals surface area contributed by atoms with E-state index in [0.717, 1.165) is 0 Å². The summed E-state index contributed by atoms with van der Waals surface area (Å²) in [7, 11) is 0. The van der Waals surface area contributed by atoms with Crippen LogP contribution in [0.3, 0.4) is 0 Å². The molecule has 0 saturated heterocycles. The van der Waals surface area contributed by atoms with Gasteiger partial charge in [-0.1, -0.05) is 150 Å². The molecule has 2 aliphatic heterocycles. The summed E-state index contributed by atoms with van der Waals surface area (Å²) in [4.78, 5) is 5.41. The zero-order chi connectivity index (χ0) is 43.6. The molecule has 0 bridgehead atoms. The van der Waals surface area contributed by atoms with Crippen LogP contribution in [0, 0.1) is 6.92 Å². The lowest BCUT2D eigenvalue weighted by Crippen LogP contribution is -2.61. The van der Waals surface area contributed by atoms with Gasteiger partial charge in [0.05, 0.1) is 11.4 Å². The van der Waals surface area contributed by atoms with Crippen LogP contribution in [0.15, 0.2) is 109 Å². The fourth-order valence-corrected chi connectivity index (χ4v) is 13.1. The Kier molecular flexibility index (Phi) is 8.20. The molecule has 2 aliphatic carbocycles. The van der Waals surface area contributed by atoms with E-state index < -0.39 is 0 Å². The van der Waals surface area contributed by atoms with Gasteiger partial charge in [-0.2, -0.15) is 0 Å². The van der Waals surface area contributed by atoms with E-state index >= 15 is 0 Å². The molecule has 6 aromatic carbocycles. The van der Waals surface area contributed by atoms with E-state index in [1.165, 1.54) is 123 Å². The smallest absolute Gasteiger partial charge is 0.264 e. The Morgan fingerprint density at radius 1 is 0.565 bits per heavy atom. The highest BCUT2D eigenvalue weighted by molar-refractivity contribution is 7.33. The Morgan fingerprint density at radius 2 is 1.16 bits per heavy atom. The Labute approximate surface area is 375 Å². The van der Waals surface area contributed by atoms with E-state index in [-0.39, 0.29) is 33.8 Å². The van der Waals surface area contributed by atoms with Crippen LogP contribution in [0.2, 0.25) is 0 Å². The van der Waals surface area contributed by atoms with Gasteiger partial charge in [0.15, 0.2) is 0 Å². The Balaban J connectivity index is 1.29. The average molecular weight is 829 g/mol. The molecular weight excluding hydrogens is 768 g/mol. The molecule has 0 radical (unpaired) electrons. The van der Waals surface area contributed by atoms with E-state index in [4.69, 9.17) is 0 Å². The zero-order valence-corrected chi connectivity index (χ0v) is 40.0. The summed E-state index contributed by atoms with van der Waals surface area (Å²) in [6, 6.07) is 43.2. The fourth-order valence-electron chi connectivity index (χ4n) is 11.8. The molecule has 0 amide bonds. The average Bonchev–Trinajstić information content (AvgIpc) is 3.70. The molecule has 4 aliphatic rings. The zero-order valence-electron chi connectivity index (χ0n) is 39.2. The molecule has 312 valence electrons. The molecular formula is C58H61BN2S. The van der Waals surface area contributed by atoms with E-state index in [2.05, 4.69) is 209 Å². The predicted molar refractivity (Wildman–Crippen MR) is 271 cm³/mol. The van der Waals surface area contributed by atoms with Crippen molar-refractivity contribution in [1.82, 2.24) is 0 Å². The largest absolute Gasteiger partial charge is 0.311 e. The first kappa shape index (κ1) is 39.8. The maximum atomic E-state index is 2.73. The molecule has 11 rings (SSSR count). The van der Waals surface area contributed by atoms with E-state index in [0.29, 0.717) is 0 Å². The fraction of sp³-hybridized carbons (Fsp3) is 0.345. The number of fused-ring (bicyclic) bond motifs is 10. The summed E-state index contributed by atoms with van der Waals surface area (Å²) >= 11 is 2.01. The minimum atomic E-state index is -0.180. The molecule has 0 spiro atoms. The molecule has 62 heavy (non-hydrogen) atoms. The number of benzene rings is 6. The van der Waals surface area contributed by atoms with Gasteiger partial charge in [-0.15, -0.1) is 11.3 Å². The second-order valence-electron chi connectivity index (χ2n) is 23.0. The lowest BCUT2D eigenvalue weighted by Gasteiger charge is -2.47. The third-order valence-corrected chi connectivity index (χ3v) is 16.6. The molecule has 0 atom stereocenters. The van der Waals surface area contributed by atoms with Crippen LogP contribution in [-0.2, 0) is 27.1 Å². The van der Waals surface area contributed by atoms with Crippen molar-refractivity contribution < 1.29 is 0 Å². The number of rotatable bonds is 2. The number of aryl methyl sites for hydroxylation is 1. The number of nitrogens with zero attached hydrogens (tertiary/aromatic N) is 2. The summed E-state index contributed by atoms with van der Waals surface area (Å²) < 4.78 is 2.79. The first-order chi connectivity index (χ1) is 29.2. The Bertz CT molecular complexity index is 3020. The monoisotopic (exact) mass is 828 g/mol. The van der Waals surface area contributed by atoms with Crippen LogP contribution >= 0.6 is 11.3 Å². The van der Waals surface area contributed by atoms with Gasteiger partial charge in [0, 0.05) is 43.0 Å². The van der Waals surface area contributed by atoms with Crippen molar-refractivity contribution in [1.29, 1.82) is 0 Å². The van der Waals surface area contributed by atoms with Crippen LogP contribution in [0.4, 0.5) is 34.1 Å². The summed E-state index contributed by atoms with van der Waals surface area (Å²) in [6.07, 6.45) is 2.36. The minimum absolute atomic E-state index is 0.0204. The lowest BCUT2D eigenvalue weighted by molar-refractivity contribution is 0.332. The number of hydrogen-bond donors (Lipinski definition) is 0. The van der Waals surface area contributed by atoms with Crippen molar-refractivity contribution in [3.05, 3.63) is 148 Å². The third-order valence-electron chi connectivity index (χ3n) is 15.4. The van der Waals surface area contributed by atoms with Gasteiger partial charge in [0.25, 0.3) is 6.71 Å². The molecule has 0 saturated carbocycles. The topological polar surface area (TPSA) is 6.48 Å². The van der Waals surface area contributed by atoms with Crippen molar-refractivity contribution in [3.8, 4) is 11.1 Å². The van der Waals surface area contributed by atoms with Crippen molar-refractivity contribution in [2.45, 2.75) is 130 Å². The van der Waals surface area contributed by atoms with Crippen molar-refractivity contribution in [3.63, 3.8) is 0 Å². The first-order valence-corrected chi connectivity index (χ1v) is 23.8. The summed E-state index contributed by atoms with van der Waals surface area (Å²) in [5.74, 6) is 0. The van der Waals surface area contributed by atoms with Crippen LogP contribution in [0.5, 0.6) is 0 Å². The van der Waals surface area contributed by atoms with Crippen molar-refractivity contribution >= 4 is 78.0 Å². The quantitative estimate of drug-likeness (QED) is 0.160. The molecule has 0 N–H and O–H groups in total. The molecule has 0 unspecified atom stereocenters. The molecule has 2 nitrogen and oxygen atoms in total. The summed E-state index contributed by atoms with van der Waals surface area (Å²) in [5.41, 5.74) is 23.2. The van der Waals surface area contributed by atoms with Gasteiger partial charge in [-0.3, -0.25) is 0 Å². The maximum Gasteiger partial charge on any atom is 0.264 e. The van der Waals surface area contributed by atoms with E-state index in [1.807, 2.05) is 11.3 Å². The van der Waals surface area contributed by atoms with Crippen molar-refractivity contribution in [2.24, 2.45) is 0 Å². The van der Waals surface area contributed by atoms with Crippen LogP contribution in [0.1, 0.15) is 135 Å². The number of thiophene rings is 1. The van der Waals surface area contributed by atoms with Gasteiger partial charge < -0.3 is 9.80 Å². The molecule has 4 heteroatoms. The highest BCUT2D eigenvalue weighted by Crippen LogP contribution is 2.57. The first-order valence-electron chi connectivity index (χ1n) is 23.0. The van der Waals surface area contributed by atoms with Gasteiger partial charge in [-0.05, 0) is 145 Å². The standard InChI is InChI=1S/C58H61BN2S/c1-34-27-47-51-48(28-34)61(45-23-18-21-39-38-19-14-16-22-41(38)58(12,13)50(39)45)46-33-43-42(56(8,9)25-26-57(43,10)11)32-44(46)59(51)53-52(40-20-15-17-24-49(40)62-53)60(47)37-30-35(54(2,3)4)29-36(31-37)55(5,6)7/h14-24,27-33H,25-26H2,1-13H3. The van der Waals surface area contributed by atoms with Crippen molar-refractivity contribution in [2.75, 3.05) is 9.80 Å². The van der Waals surface area contributed by atoms with Gasteiger partial charge in [0.1, 0.15) is 0 Å².